The second kappa shape index (κ2) is 7.59. The van der Waals surface area contributed by atoms with E-state index >= 15 is 0 Å². The van der Waals surface area contributed by atoms with E-state index in [1.165, 1.54) is 0 Å². The summed E-state index contributed by atoms with van der Waals surface area (Å²) in [5, 5.41) is 13.6. The third kappa shape index (κ3) is 4.56. The van der Waals surface area contributed by atoms with Crippen molar-refractivity contribution < 1.29 is 9.90 Å². The lowest BCUT2D eigenvalue weighted by molar-refractivity contribution is -0.138. The van der Waals surface area contributed by atoms with Crippen LogP contribution in [0.15, 0.2) is 12.3 Å². The number of hydrogen-bond donors (Lipinski definition) is 1. The van der Waals surface area contributed by atoms with E-state index in [0.717, 1.165) is 51.0 Å². The summed E-state index contributed by atoms with van der Waals surface area (Å²) in [6.45, 7) is 7.15. The van der Waals surface area contributed by atoms with Gasteiger partial charge in [0.25, 0.3) is 0 Å². The number of carboxylic acids is 1. The first-order valence-electron chi connectivity index (χ1n) is 8.10. The molecule has 1 aliphatic heterocycles. The second-order valence-corrected chi connectivity index (χ2v) is 6.10. The smallest absolute Gasteiger partial charge is 0.303 e. The molecule has 2 heterocycles. The highest BCUT2D eigenvalue weighted by Gasteiger charge is 2.22. The van der Waals surface area contributed by atoms with Crippen molar-refractivity contribution in [2.24, 2.45) is 5.92 Å². The molecule has 1 fully saturated rings. The highest BCUT2D eigenvalue weighted by Crippen LogP contribution is 2.21. The molecule has 0 radical (unpaired) electrons. The van der Waals surface area contributed by atoms with Crippen LogP contribution >= 0.6 is 0 Å². The molecular weight excluding hydrogens is 266 g/mol. The van der Waals surface area contributed by atoms with Gasteiger partial charge in [-0.1, -0.05) is 13.8 Å². The van der Waals surface area contributed by atoms with Crippen LogP contribution in [0.1, 0.15) is 57.7 Å². The van der Waals surface area contributed by atoms with Gasteiger partial charge >= 0.3 is 5.97 Å². The molecule has 0 saturated carbocycles. The maximum atomic E-state index is 10.8. The average Bonchev–Trinajstić information content (AvgIpc) is 2.88. The molecule has 1 N–H and O–H groups in total. The fourth-order valence-electron chi connectivity index (χ4n) is 3.27. The molecule has 1 atom stereocenters. The Bertz CT molecular complexity index is 454. The lowest BCUT2D eigenvalue weighted by Crippen LogP contribution is -2.35. The number of rotatable bonds is 7. The summed E-state index contributed by atoms with van der Waals surface area (Å²) in [6.07, 6.45) is 6.69. The molecule has 118 valence electrons. The summed E-state index contributed by atoms with van der Waals surface area (Å²) >= 11 is 0. The van der Waals surface area contributed by atoms with E-state index in [2.05, 4.69) is 35.7 Å². The van der Waals surface area contributed by atoms with Crippen molar-refractivity contribution in [3.8, 4) is 0 Å². The third-order valence-electron chi connectivity index (χ3n) is 4.43. The van der Waals surface area contributed by atoms with Crippen LogP contribution in [0.4, 0.5) is 0 Å². The van der Waals surface area contributed by atoms with Crippen molar-refractivity contribution in [1.82, 2.24) is 14.7 Å². The van der Waals surface area contributed by atoms with Crippen LogP contribution in [-0.2, 0) is 11.3 Å². The molecule has 2 rings (SSSR count). The number of nitrogens with zero attached hydrogens (tertiary/aromatic N) is 3. The zero-order chi connectivity index (χ0) is 15.2. The van der Waals surface area contributed by atoms with Gasteiger partial charge in [0.15, 0.2) is 0 Å². The molecule has 0 aromatic carbocycles. The Hall–Kier alpha value is -1.36. The number of hydrogen-bond acceptors (Lipinski definition) is 3. The molecule has 0 bridgehead atoms. The first-order valence-corrected chi connectivity index (χ1v) is 8.10. The Morgan fingerprint density at radius 3 is 2.90 bits per heavy atom. The molecule has 0 aliphatic carbocycles. The fraction of sp³-hybridized carbons (Fsp3) is 0.750. The topological polar surface area (TPSA) is 58.4 Å². The monoisotopic (exact) mass is 293 g/mol. The fourth-order valence-corrected chi connectivity index (χ4v) is 3.27. The maximum absolute atomic E-state index is 10.8. The van der Waals surface area contributed by atoms with Crippen molar-refractivity contribution in [1.29, 1.82) is 0 Å². The predicted molar refractivity (Wildman–Crippen MR) is 82.1 cm³/mol. The van der Waals surface area contributed by atoms with Gasteiger partial charge in [0, 0.05) is 25.7 Å². The van der Waals surface area contributed by atoms with Gasteiger partial charge in [0.1, 0.15) is 0 Å². The summed E-state index contributed by atoms with van der Waals surface area (Å²) in [4.78, 5) is 13.2. The molecule has 5 heteroatoms. The normalized spacial score (nSPS) is 20.0. The van der Waals surface area contributed by atoms with E-state index in [0.29, 0.717) is 12.5 Å². The van der Waals surface area contributed by atoms with Crippen molar-refractivity contribution in [2.45, 2.75) is 58.5 Å². The minimum atomic E-state index is -0.681. The van der Waals surface area contributed by atoms with Crippen LogP contribution in [0.5, 0.6) is 0 Å². The van der Waals surface area contributed by atoms with E-state index in [9.17, 15) is 4.79 Å². The van der Waals surface area contributed by atoms with Gasteiger partial charge in [-0.3, -0.25) is 14.4 Å². The lowest BCUT2D eigenvalue weighted by atomic mass is 9.95. The number of aromatic nitrogens is 2. The Balaban J connectivity index is 1.90. The number of likely N-dealkylation sites (tertiary alicyclic amines) is 1. The minimum absolute atomic E-state index is 0.289. The zero-order valence-electron chi connectivity index (χ0n) is 13.2. The highest BCUT2D eigenvalue weighted by atomic mass is 16.4. The van der Waals surface area contributed by atoms with Crippen LogP contribution in [0.25, 0.3) is 0 Å². The molecule has 21 heavy (non-hydrogen) atoms. The average molecular weight is 293 g/mol. The van der Waals surface area contributed by atoms with Crippen molar-refractivity contribution >= 4 is 5.97 Å². The Morgan fingerprint density at radius 1 is 1.48 bits per heavy atom. The van der Waals surface area contributed by atoms with Gasteiger partial charge < -0.3 is 5.11 Å². The number of piperidine rings is 1. The SMILES string of the molecule is CCC(CC)n1ccc(CN2CCCC(CC(=O)O)C2)n1. The largest absolute Gasteiger partial charge is 0.481 e. The highest BCUT2D eigenvalue weighted by molar-refractivity contribution is 5.67. The molecule has 0 spiro atoms. The maximum Gasteiger partial charge on any atom is 0.303 e. The number of carbonyl (C=O) groups is 1. The molecule has 1 aliphatic rings. The van der Waals surface area contributed by atoms with E-state index in [-0.39, 0.29) is 5.92 Å². The summed E-state index contributed by atoms with van der Waals surface area (Å²) in [5.41, 5.74) is 1.10. The Kier molecular flexibility index (Phi) is 5.79. The molecule has 1 saturated heterocycles. The molecular formula is C16H27N3O2. The van der Waals surface area contributed by atoms with E-state index in [4.69, 9.17) is 10.2 Å². The van der Waals surface area contributed by atoms with Crippen LogP contribution < -0.4 is 0 Å². The van der Waals surface area contributed by atoms with Gasteiger partial charge in [-0.05, 0) is 44.2 Å². The predicted octanol–water partition coefficient (Wildman–Crippen LogP) is 2.93. The Morgan fingerprint density at radius 2 is 2.24 bits per heavy atom. The number of carboxylic acid groups (broad SMARTS) is 1. The van der Waals surface area contributed by atoms with Crippen molar-refractivity contribution in [2.75, 3.05) is 13.1 Å². The summed E-state index contributed by atoms with van der Waals surface area (Å²) in [5.74, 6) is -0.391. The summed E-state index contributed by atoms with van der Waals surface area (Å²) in [7, 11) is 0. The van der Waals surface area contributed by atoms with Crippen LogP contribution in [0, 0.1) is 5.92 Å². The van der Waals surface area contributed by atoms with E-state index in [1.807, 2.05) is 0 Å². The van der Waals surface area contributed by atoms with Crippen molar-refractivity contribution in [3.63, 3.8) is 0 Å². The molecule has 0 amide bonds. The van der Waals surface area contributed by atoms with Gasteiger partial charge in [0.05, 0.1) is 11.7 Å². The first-order chi connectivity index (χ1) is 10.1. The van der Waals surface area contributed by atoms with Crippen LogP contribution in [0.2, 0.25) is 0 Å². The molecule has 1 unspecified atom stereocenters. The van der Waals surface area contributed by atoms with Crippen molar-refractivity contribution in [3.05, 3.63) is 18.0 Å². The third-order valence-corrected chi connectivity index (χ3v) is 4.43. The van der Waals surface area contributed by atoms with Crippen LogP contribution in [0.3, 0.4) is 0 Å². The second-order valence-electron chi connectivity index (χ2n) is 6.10. The van der Waals surface area contributed by atoms with Crippen LogP contribution in [-0.4, -0.2) is 38.8 Å². The minimum Gasteiger partial charge on any atom is -0.481 e. The molecule has 1 aromatic heterocycles. The van der Waals surface area contributed by atoms with E-state index < -0.39 is 5.97 Å². The van der Waals surface area contributed by atoms with Gasteiger partial charge in [-0.25, -0.2) is 0 Å². The molecule has 5 nitrogen and oxygen atoms in total. The summed E-state index contributed by atoms with van der Waals surface area (Å²) < 4.78 is 2.08. The number of aliphatic carboxylic acids is 1. The van der Waals surface area contributed by atoms with Gasteiger partial charge in [-0.2, -0.15) is 5.10 Å². The van der Waals surface area contributed by atoms with E-state index in [1.54, 1.807) is 0 Å². The summed E-state index contributed by atoms with van der Waals surface area (Å²) in [6, 6.07) is 2.58. The standard InChI is InChI=1S/C16H27N3O2/c1-3-15(4-2)19-9-7-14(17-19)12-18-8-5-6-13(11-18)10-16(20)21/h7,9,13,15H,3-6,8,10-12H2,1-2H3,(H,20,21). The lowest BCUT2D eigenvalue weighted by Gasteiger charge is -2.31. The first kappa shape index (κ1) is 16.0. The molecule has 1 aromatic rings. The quantitative estimate of drug-likeness (QED) is 0.839. The van der Waals surface area contributed by atoms with Gasteiger partial charge in [0.2, 0.25) is 0 Å². The Labute approximate surface area is 126 Å². The van der Waals surface area contributed by atoms with Gasteiger partial charge in [-0.15, -0.1) is 0 Å². The zero-order valence-corrected chi connectivity index (χ0v) is 13.2.